The zero-order chi connectivity index (χ0) is 10.8. The van der Waals surface area contributed by atoms with Crippen LogP contribution in [0.1, 0.15) is 12.0 Å². The maximum absolute atomic E-state index is 11.7. The molecule has 2 rings (SSSR count). The van der Waals surface area contributed by atoms with Crippen LogP contribution in [0, 0.1) is 0 Å². The van der Waals surface area contributed by atoms with Gasteiger partial charge in [-0.25, -0.2) is 0 Å². The van der Waals surface area contributed by atoms with Crippen molar-refractivity contribution in [3.63, 3.8) is 0 Å². The van der Waals surface area contributed by atoms with E-state index in [1.807, 2.05) is 24.3 Å². The summed E-state index contributed by atoms with van der Waals surface area (Å²) in [6.45, 7) is 0.338. The monoisotopic (exact) mass is 220 g/mol. The molecule has 78 valence electrons. The van der Waals surface area contributed by atoms with E-state index in [0.29, 0.717) is 18.0 Å². The summed E-state index contributed by atoms with van der Waals surface area (Å²) >= 11 is 4.84. The molecule has 0 spiro atoms. The molecule has 0 aliphatic carbocycles. The van der Waals surface area contributed by atoms with Gasteiger partial charge in [-0.05, 0) is 18.1 Å². The summed E-state index contributed by atoms with van der Waals surface area (Å²) in [5.41, 5.74) is 7.61. The number of hydrogen-bond acceptors (Lipinski definition) is 2. The fourth-order valence-electron chi connectivity index (χ4n) is 1.83. The average Bonchev–Trinajstić information content (AvgIpc) is 2.22. The summed E-state index contributed by atoms with van der Waals surface area (Å²) in [6.07, 6.45) is 1.35. The van der Waals surface area contributed by atoms with Crippen molar-refractivity contribution in [1.29, 1.82) is 0 Å². The van der Waals surface area contributed by atoms with Gasteiger partial charge < -0.3 is 10.6 Å². The van der Waals surface area contributed by atoms with Gasteiger partial charge in [-0.1, -0.05) is 30.4 Å². The van der Waals surface area contributed by atoms with Gasteiger partial charge in [0.25, 0.3) is 0 Å². The Balaban J connectivity index is 2.37. The lowest BCUT2D eigenvalue weighted by Gasteiger charge is -2.28. The van der Waals surface area contributed by atoms with Crippen molar-refractivity contribution in [2.45, 2.75) is 12.8 Å². The number of carbonyl (C=O) groups excluding carboxylic acids is 1. The van der Waals surface area contributed by atoms with Crippen molar-refractivity contribution >= 4 is 28.8 Å². The van der Waals surface area contributed by atoms with E-state index in [0.717, 1.165) is 12.1 Å². The number of fused-ring (bicyclic) bond motifs is 1. The molecule has 0 unspecified atom stereocenters. The molecule has 0 saturated heterocycles. The van der Waals surface area contributed by atoms with Crippen molar-refractivity contribution in [2.75, 3.05) is 11.4 Å². The molecular formula is C11H12N2OS. The molecule has 0 atom stereocenters. The number of nitrogens with two attached hydrogens (primary N) is 1. The Morgan fingerprint density at radius 3 is 2.87 bits per heavy atom. The number of aryl methyl sites for hydroxylation is 1. The van der Waals surface area contributed by atoms with Crippen molar-refractivity contribution in [1.82, 2.24) is 0 Å². The van der Waals surface area contributed by atoms with E-state index in [4.69, 9.17) is 18.0 Å². The normalized spacial score (nSPS) is 14.9. The number of carbonyl (C=O) groups is 1. The largest absolute Gasteiger partial charge is 0.392 e. The van der Waals surface area contributed by atoms with Crippen LogP contribution >= 0.6 is 12.2 Å². The van der Waals surface area contributed by atoms with Gasteiger partial charge in [-0.2, -0.15) is 0 Å². The number of anilines is 1. The second-order valence-electron chi connectivity index (χ2n) is 3.57. The van der Waals surface area contributed by atoms with Gasteiger partial charge in [0.2, 0.25) is 5.91 Å². The van der Waals surface area contributed by atoms with E-state index in [1.165, 1.54) is 5.56 Å². The van der Waals surface area contributed by atoms with E-state index in [-0.39, 0.29) is 5.91 Å². The molecular weight excluding hydrogens is 208 g/mol. The minimum atomic E-state index is 0.0986. The maximum Gasteiger partial charge on any atom is 0.227 e. The summed E-state index contributed by atoms with van der Waals surface area (Å²) in [5.74, 6) is 0.0986. The molecule has 1 aromatic rings. The van der Waals surface area contributed by atoms with E-state index in [9.17, 15) is 4.79 Å². The summed E-state index contributed by atoms with van der Waals surface area (Å²) in [6, 6.07) is 7.87. The van der Waals surface area contributed by atoms with E-state index >= 15 is 0 Å². The minimum absolute atomic E-state index is 0.0986. The highest BCUT2D eigenvalue weighted by Crippen LogP contribution is 2.26. The Hall–Kier alpha value is -1.42. The highest BCUT2D eigenvalue weighted by molar-refractivity contribution is 7.80. The lowest BCUT2D eigenvalue weighted by molar-refractivity contribution is -0.118. The van der Waals surface area contributed by atoms with Crippen LogP contribution in [0.4, 0.5) is 5.69 Å². The molecule has 1 amide bonds. The van der Waals surface area contributed by atoms with E-state index in [1.54, 1.807) is 4.90 Å². The molecule has 0 saturated carbocycles. The third-order valence-electron chi connectivity index (χ3n) is 2.51. The molecule has 3 nitrogen and oxygen atoms in total. The van der Waals surface area contributed by atoms with E-state index < -0.39 is 0 Å². The first-order valence-electron chi connectivity index (χ1n) is 4.85. The first-order chi connectivity index (χ1) is 7.18. The number of hydrogen-bond donors (Lipinski definition) is 1. The minimum Gasteiger partial charge on any atom is -0.392 e. The van der Waals surface area contributed by atoms with Crippen LogP contribution in [-0.2, 0) is 11.2 Å². The van der Waals surface area contributed by atoms with Crippen molar-refractivity contribution in [3.05, 3.63) is 29.8 Å². The fourth-order valence-corrected chi connectivity index (χ4v) is 1.95. The molecule has 1 aliphatic heterocycles. The first-order valence-corrected chi connectivity index (χ1v) is 5.26. The summed E-state index contributed by atoms with van der Waals surface area (Å²) in [4.78, 5) is 13.7. The van der Waals surface area contributed by atoms with Gasteiger partial charge in [0.1, 0.15) is 0 Å². The number of thiocarbonyl (C=S) groups is 1. The second-order valence-corrected chi connectivity index (χ2v) is 4.10. The molecule has 15 heavy (non-hydrogen) atoms. The maximum atomic E-state index is 11.7. The van der Waals surface area contributed by atoms with Gasteiger partial charge >= 0.3 is 0 Å². The topological polar surface area (TPSA) is 46.3 Å². The third-order valence-corrected chi connectivity index (χ3v) is 2.63. The molecule has 2 N–H and O–H groups in total. The van der Waals surface area contributed by atoms with Gasteiger partial charge in [0.15, 0.2) is 0 Å². The molecule has 4 heteroatoms. The average molecular weight is 220 g/mol. The zero-order valence-electron chi connectivity index (χ0n) is 8.27. The van der Waals surface area contributed by atoms with Crippen LogP contribution in [0.2, 0.25) is 0 Å². The standard InChI is InChI=1S/C11H12N2OS/c12-10(15)7-13-9-4-2-1-3-8(9)5-6-11(13)14/h1-4H,5-7H2,(H2,12,15). The van der Waals surface area contributed by atoms with E-state index in [2.05, 4.69) is 0 Å². The molecule has 0 fully saturated rings. The number of benzene rings is 1. The Bertz CT molecular complexity index is 417. The zero-order valence-corrected chi connectivity index (χ0v) is 9.09. The number of amides is 1. The number of rotatable bonds is 2. The lowest BCUT2D eigenvalue weighted by atomic mass is 10.0. The molecule has 0 radical (unpaired) electrons. The van der Waals surface area contributed by atoms with Crippen LogP contribution < -0.4 is 10.6 Å². The number of para-hydroxylation sites is 1. The molecule has 1 aromatic carbocycles. The molecule has 0 aromatic heterocycles. The third kappa shape index (κ3) is 1.99. The Labute approximate surface area is 93.9 Å². The van der Waals surface area contributed by atoms with Crippen LogP contribution in [0.5, 0.6) is 0 Å². The predicted molar refractivity (Wildman–Crippen MR) is 63.9 cm³/mol. The smallest absolute Gasteiger partial charge is 0.227 e. The van der Waals surface area contributed by atoms with Crippen LogP contribution in [0.25, 0.3) is 0 Å². The highest BCUT2D eigenvalue weighted by Gasteiger charge is 2.23. The molecule has 1 heterocycles. The van der Waals surface area contributed by atoms with Crippen LogP contribution in [0.3, 0.4) is 0 Å². The molecule has 0 bridgehead atoms. The summed E-state index contributed by atoms with van der Waals surface area (Å²) in [5, 5.41) is 0. The molecule has 1 aliphatic rings. The first kappa shape index (κ1) is 10.1. The Kier molecular flexibility index (Phi) is 2.68. The Morgan fingerprint density at radius 1 is 1.40 bits per heavy atom. The SMILES string of the molecule is NC(=S)CN1C(=O)CCc2ccccc21. The summed E-state index contributed by atoms with van der Waals surface area (Å²) in [7, 11) is 0. The predicted octanol–water partition coefficient (Wildman–Crippen LogP) is 1.25. The lowest BCUT2D eigenvalue weighted by Crippen LogP contribution is -2.40. The van der Waals surface area contributed by atoms with Gasteiger partial charge in [0.05, 0.1) is 11.5 Å². The van der Waals surface area contributed by atoms with Crippen molar-refractivity contribution in [2.24, 2.45) is 5.73 Å². The van der Waals surface area contributed by atoms with Gasteiger partial charge in [-0.3, -0.25) is 4.79 Å². The highest BCUT2D eigenvalue weighted by atomic mass is 32.1. The van der Waals surface area contributed by atoms with Crippen LogP contribution in [0.15, 0.2) is 24.3 Å². The Morgan fingerprint density at radius 2 is 2.13 bits per heavy atom. The fraction of sp³-hybridized carbons (Fsp3) is 0.273. The van der Waals surface area contributed by atoms with Gasteiger partial charge in [0, 0.05) is 12.1 Å². The van der Waals surface area contributed by atoms with Crippen LogP contribution in [-0.4, -0.2) is 17.4 Å². The summed E-state index contributed by atoms with van der Waals surface area (Å²) < 4.78 is 0. The van der Waals surface area contributed by atoms with Crippen molar-refractivity contribution < 1.29 is 4.79 Å². The quantitative estimate of drug-likeness (QED) is 0.763. The van der Waals surface area contributed by atoms with Crippen molar-refractivity contribution in [3.8, 4) is 0 Å². The second kappa shape index (κ2) is 3.98. The number of nitrogens with zero attached hydrogens (tertiary/aromatic N) is 1. The van der Waals surface area contributed by atoms with Gasteiger partial charge in [-0.15, -0.1) is 0 Å².